The van der Waals surface area contributed by atoms with Crippen LogP contribution in [0.25, 0.3) is 0 Å². The molecule has 0 aliphatic carbocycles. The minimum absolute atomic E-state index is 0. The van der Waals surface area contributed by atoms with Crippen LogP contribution in [-0.4, -0.2) is 33.2 Å². The van der Waals surface area contributed by atoms with Gasteiger partial charge in [0.1, 0.15) is 0 Å². The van der Waals surface area contributed by atoms with Crippen LogP contribution >= 0.6 is 12.4 Å². The number of nitrogens with one attached hydrogen (secondary N) is 2. The zero-order valence-corrected chi connectivity index (χ0v) is 16.5. The van der Waals surface area contributed by atoms with Crippen molar-refractivity contribution in [3.63, 3.8) is 0 Å². The van der Waals surface area contributed by atoms with Crippen LogP contribution < -0.4 is 20.1 Å². The molecule has 2 N–H and O–H groups in total. The van der Waals surface area contributed by atoms with Crippen molar-refractivity contribution in [1.82, 2.24) is 10.6 Å². The molecule has 0 radical (unpaired) electrons. The Balaban J connectivity index is 0.00000312. The Labute approximate surface area is 157 Å². The maximum atomic E-state index is 12.3. The SMILES string of the molecule is COc1cc(C)c(C(C)NC(=O)CCC2CCNCC2)cc1OC.Cl. The Morgan fingerprint density at radius 1 is 1.24 bits per heavy atom. The number of rotatable bonds is 7. The molecular formula is C19H31ClN2O3. The minimum atomic E-state index is -0.0506. The molecular weight excluding hydrogens is 340 g/mol. The van der Waals surface area contributed by atoms with Crippen molar-refractivity contribution in [3.8, 4) is 11.5 Å². The molecule has 1 amide bonds. The van der Waals surface area contributed by atoms with Crippen LogP contribution in [0.4, 0.5) is 0 Å². The predicted molar refractivity (Wildman–Crippen MR) is 103 cm³/mol. The van der Waals surface area contributed by atoms with Crippen LogP contribution in [0.1, 0.15) is 49.8 Å². The summed E-state index contributed by atoms with van der Waals surface area (Å²) in [5.74, 6) is 2.20. The number of aryl methyl sites for hydroxylation is 1. The van der Waals surface area contributed by atoms with Gasteiger partial charge in [-0.25, -0.2) is 0 Å². The molecule has 1 aliphatic rings. The Bertz CT molecular complexity index is 560. The summed E-state index contributed by atoms with van der Waals surface area (Å²) in [7, 11) is 3.25. The summed E-state index contributed by atoms with van der Waals surface area (Å²) in [6, 6.07) is 3.85. The molecule has 1 aromatic carbocycles. The van der Waals surface area contributed by atoms with Crippen molar-refractivity contribution >= 4 is 18.3 Å². The largest absolute Gasteiger partial charge is 0.493 e. The first kappa shape index (κ1) is 21.6. The van der Waals surface area contributed by atoms with Gasteiger partial charge in [-0.05, 0) is 75.4 Å². The lowest BCUT2D eigenvalue weighted by Gasteiger charge is -2.23. The number of amides is 1. The van der Waals surface area contributed by atoms with Crippen molar-refractivity contribution in [3.05, 3.63) is 23.3 Å². The lowest BCUT2D eigenvalue weighted by molar-refractivity contribution is -0.122. The molecule has 0 saturated carbocycles. The lowest BCUT2D eigenvalue weighted by Crippen LogP contribution is -2.30. The summed E-state index contributed by atoms with van der Waals surface area (Å²) in [6.07, 6.45) is 3.93. The summed E-state index contributed by atoms with van der Waals surface area (Å²) in [5.41, 5.74) is 2.14. The van der Waals surface area contributed by atoms with Crippen molar-refractivity contribution in [2.24, 2.45) is 5.92 Å². The number of benzene rings is 1. The van der Waals surface area contributed by atoms with Crippen molar-refractivity contribution < 1.29 is 14.3 Å². The van der Waals surface area contributed by atoms with E-state index in [0.717, 1.165) is 30.6 Å². The summed E-state index contributed by atoms with van der Waals surface area (Å²) in [6.45, 7) is 6.19. The van der Waals surface area contributed by atoms with E-state index in [9.17, 15) is 4.79 Å². The van der Waals surface area contributed by atoms with Gasteiger partial charge in [-0.3, -0.25) is 4.79 Å². The Kier molecular flexibility index (Phi) is 9.08. The number of ether oxygens (including phenoxy) is 2. The second kappa shape index (κ2) is 10.5. The van der Waals surface area contributed by atoms with Gasteiger partial charge in [0.25, 0.3) is 0 Å². The van der Waals surface area contributed by atoms with E-state index >= 15 is 0 Å². The third kappa shape index (κ3) is 6.08. The smallest absolute Gasteiger partial charge is 0.220 e. The third-order valence-corrected chi connectivity index (χ3v) is 4.85. The van der Waals surface area contributed by atoms with Crippen LogP contribution in [0.5, 0.6) is 11.5 Å². The zero-order chi connectivity index (χ0) is 17.5. The van der Waals surface area contributed by atoms with Gasteiger partial charge in [-0.1, -0.05) is 0 Å². The number of carbonyl (C=O) groups is 1. The number of methoxy groups -OCH3 is 2. The molecule has 6 heteroatoms. The number of halogens is 1. The highest BCUT2D eigenvalue weighted by Gasteiger charge is 2.18. The molecule has 2 rings (SSSR count). The fraction of sp³-hybridized carbons (Fsp3) is 0.632. The Hall–Kier alpha value is -1.46. The van der Waals surface area contributed by atoms with Gasteiger partial charge in [-0.2, -0.15) is 0 Å². The van der Waals surface area contributed by atoms with Gasteiger partial charge in [0, 0.05) is 6.42 Å². The monoisotopic (exact) mass is 370 g/mol. The Morgan fingerprint density at radius 2 is 1.84 bits per heavy atom. The molecule has 1 saturated heterocycles. The van der Waals surface area contributed by atoms with Crippen LogP contribution in [0, 0.1) is 12.8 Å². The first-order valence-electron chi connectivity index (χ1n) is 8.77. The van der Waals surface area contributed by atoms with E-state index in [0.29, 0.717) is 23.8 Å². The van der Waals surface area contributed by atoms with Gasteiger partial charge in [-0.15, -0.1) is 12.4 Å². The quantitative estimate of drug-likeness (QED) is 0.772. The summed E-state index contributed by atoms with van der Waals surface area (Å²) >= 11 is 0. The number of hydrogen-bond acceptors (Lipinski definition) is 4. The van der Waals surface area contributed by atoms with E-state index in [1.54, 1.807) is 14.2 Å². The molecule has 1 unspecified atom stereocenters. The molecule has 142 valence electrons. The molecule has 0 bridgehead atoms. The molecule has 1 heterocycles. The van der Waals surface area contributed by atoms with Gasteiger partial charge in [0.15, 0.2) is 11.5 Å². The second-order valence-electron chi connectivity index (χ2n) is 6.59. The molecule has 25 heavy (non-hydrogen) atoms. The average Bonchev–Trinajstić information content (AvgIpc) is 2.60. The third-order valence-electron chi connectivity index (χ3n) is 4.85. The number of carbonyl (C=O) groups excluding carboxylic acids is 1. The van der Waals surface area contributed by atoms with E-state index in [2.05, 4.69) is 10.6 Å². The van der Waals surface area contributed by atoms with Crippen LogP contribution in [0.2, 0.25) is 0 Å². The van der Waals surface area contributed by atoms with Gasteiger partial charge in [0.2, 0.25) is 5.91 Å². The first-order valence-corrected chi connectivity index (χ1v) is 8.77. The highest BCUT2D eigenvalue weighted by Crippen LogP contribution is 2.32. The first-order chi connectivity index (χ1) is 11.5. The van der Waals surface area contributed by atoms with Crippen molar-refractivity contribution in [1.29, 1.82) is 0 Å². The fourth-order valence-corrected chi connectivity index (χ4v) is 3.36. The standard InChI is InChI=1S/C19H30N2O3.ClH/c1-13-11-17(23-3)18(24-4)12-16(13)14(2)21-19(22)6-5-15-7-9-20-10-8-15;/h11-12,14-15,20H,5-10H2,1-4H3,(H,21,22);1H. The second-order valence-corrected chi connectivity index (χ2v) is 6.59. The average molecular weight is 371 g/mol. The molecule has 5 nitrogen and oxygen atoms in total. The summed E-state index contributed by atoms with van der Waals surface area (Å²) in [4.78, 5) is 12.3. The van der Waals surface area contributed by atoms with E-state index in [-0.39, 0.29) is 24.4 Å². The van der Waals surface area contributed by atoms with Gasteiger partial charge < -0.3 is 20.1 Å². The van der Waals surface area contributed by atoms with Crippen LogP contribution in [-0.2, 0) is 4.79 Å². The van der Waals surface area contributed by atoms with E-state index < -0.39 is 0 Å². The number of piperidine rings is 1. The molecule has 0 aromatic heterocycles. The van der Waals surface area contributed by atoms with Crippen LogP contribution in [0.3, 0.4) is 0 Å². The molecule has 1 fully saturated rings. The fourth-order valence-electron chi connectivity index (χ4n) is 3.36. The van der Waals surface area contributed by atoms with E-state index in [1.807, 2.05) is 26.0 Å². The molecule has 1 atom stereocenters. The van der Waals surface area contributed by atoms with Gasteiger partial charge >= 0.3 is 0 Å². The molecule has 1 aromatic rings. The lowest BCUT2D eigenvalue weighted by atomic mass is 9.93. The maximum Gasteiger partial charge on any atom is 0.220 e. The molecule has 1 aliphatic heterocycles. The number of hydrogen-bond donors (Lipinski definition) is 2. The minimum Gasteiger partial charge on any atom is -0.493 e. The van der Waals surface area contributed by atoms with E-state index in [1.165, 1.54) is 12.8 Å². The Morgan fingerprint density at radius 3 is 2.44 bits per heavy atom. The topological polar surface area (TPSA) is 59.6 Å². The van der Waals surface area contributed by atoms with E-state index in [4.69, 9.17) is 9.47 Å². The van der Waals surface area contributed by atoms with Crippen molar-refractivity contribution in [2.75, 3.05) is 27.3 Å². The summed E-state index contributed by atoms with van der Waals surface area (Å²) < 4.78 is 10.7. The maximum absolute atomic E-state index is 12.3. The predicted octanol–water partition coefficient (Wildman–Crippen LogP) is 3.39. The summed E-state index contributed by atoms with van der Waals surface area (Å²) in [5, 5.41) is 6.47. The highest BCUT2D eigenvalue weighted by atomic mass is 35.5. The normalized spacial score (nSPS) is 15.8. The highest BCUT2D eigenvalue weighted by molar-refractivity contribution is 5.85. The molecule has 0 spiro atoms. The zero-order valence-electron chi connectivity index (χ0n) is 15.7. The van der Waals surface area contributed by atoms with Gasteiger partial charge in [0.05, 0.1) is 20.3 Å². The van der Waals surface area contributed by atoms with Crippen molar-refractivity contribution in [2.45, 2.75) is 45.6 Å². The van der Waals surface area contributed by atoms with Crippen LogP contribution in [0.15, 0.2) is 12.1 Å².